The van der Waals surface area contributed by atoms with Gasteiger partial charge in [-0.25, -0.2) is 4.98 Å². The summed E-state index contributed by atoms with van der Waals surface area (Å²) in [6.07, 6.45) is 10.5. The number of aromatic amines is 1. The fourth-order valence-corrected chi connectivity index (χ4v) is 3.79. The van der Waals surface area contributed by atoms with Crippen LogP contribution in [0.25, 0.3) is 0 Å². The molecule has 1 fully saturated rings. The Morgan fingerprint density at radius 2 is 2.00 bits per heavy atom. The number of rotatable bonds is 5. The number of carbonyl (C=O) groups is 1. The Balaban J connectivity index is 1.47. The van der Waals surface area contributed by atoms with Crippen molar-refractivity contribution in [3.63, 3.8) is 0 Å². The first-order valence-electron chi connectivity index (χ1n) is 9.59. The van der Waals surface area contributed by atoms with E-state index in [1.165, 1.54) is 0 Å². The monoisotopic (exact) mass is 379 g/mol. The minimum absolute atomic E-state index is 0.0599. The molecule has 1 saturated heterocycles. The summed E-state index contributed by atoms with van der Waals surface area (Å²) in [7, 11) is 0. The van der Waals surface area contributed by atoms with Gasteiger partial charge in [-0.05, 0) is 43.5 Å². The van der Waals surface area contributed by atoms with Crippen LogP contribution in [0.15, 0.2) is 55.4 Å². The van der Waals surface area contributed by atoms with Gasteiger partial charge in [0.1, 0.15) is 11.6 Å². The van der Waals surface area contributed by atoms with E-state index in [2.05, 4.69) is 15.0 Å². The summed E-state index contributed by atoms with van der Waals surface area (Å²) in [5, 5.41) is 11.0. The van der Waals surface area contributed by atoms with Gasteiger partial charge in [-0.2, -0.15) is 0 Å². The molecule has 0 saturated carbocycles. The Kier molecular flexibility index (Phi) is 5.00. The number of nitrogens with zero attached hydrogens (tertiary/aromatic N) is 4. The Morgan fingerprint density at radius 3 is 2.61 bits per heavy atom. The molecule has 1 unspecified atom stereocenters. The molecule has 3 aromatic rings. The number of nitrogens with one attached hydrogen (secondary N) is 1. The number of carbonyl (C=O) groups excluding carboxylic acids is 1. The van der Waals surface area contributed by atoms with Gasteiger partial charge in [0.05, 0.1) is 12.0 Å². The number of pyridine rings is 1. The highest BCUT2D eigenvalue weighted by atomic mass is 16.3. The molecule has 7 heteroatoms. The summed E-state index contributed by atoms with van der Waals surface area (Å²) < 4.78 is 1.94. The molecule has 2 N–H and O–H groups in total. The van der Waals surface area contributed by atoms with Gasteiger partial charge in [0.2, 0.25) is 5.91 Å². The zero-order valence-corrected chi connectivity index (χ0v) is 16.0. The molecule has 1 atom stereocenters. The van der Waals surface area contributed by atoms with Gasteiger partial charge < -0.3 is 19.6 Å². The van der Waals surface area contributed by atoms with E-state index in [1.807, 2.05) is 53.0 Å². The van der Waals surface area contributed by atoms with Crippen LogP contribution in [0.1, 0.15) is 35.8 Å². The first-order valence-corrected chi connectivity index (χ1v) is 9.59. The molecule has 3 aromatic heterocycles. The van der Waals surface area contributed by atoms with Crippen LogP contribution in [0.5, 0.6) is 0 Å². The lowest BCUT2D eigenvalue weighted by Gasteiger charge is -2.39. The molecular weight excluding hydrogens is 354 g/mol. The number of aliphatic hydroxyl groups is 1. The third-order valence-corrected chi connectivity index (χ3v) is 5.53. The van der Waals surface area contributed by atoms with Gasteiger partial charge in [0, 0.05) is 50.0 Å². The quantitative estimate of drug-likeness (QED) is 0.712. The maximum Gasteiger partial charge on any atom is 0.246 e. The van der Waals surface area contributed by atoms with E-state index in [1.54, 1.807) is 18.7 Å². The molecule has 1 aliphatic rings. The molecule has 0 radical (unpaired) electrons. The molecule has 0 bridgehead atoms. The van der Waals surface area contributed by atoms with Crippen molar-refractivity contribution in [1.29, 1.82) is 0 Å². The lowest BCUT2D eigenvalue weighted by atomic mass is 9.87. The molecule has 0 aromatic carbocycles. The summed E-state index contributed by atoms with van der Waals surface area (Å²) in [6.45, 7) is 2.99. The zero-order valence-electron chi connectivity index (χ0n) is 16.0. The van der Waals surface area contributed by atoms with E-state index in [9.17, 15) is 9.90 Å². The van der Waals surface area contributed by atoms with Crippen molar-refractivity contribution in [3.8, 4) is 0 Å². The van der Waals surface area contributed by atoms with Crippen LogP contribution in [0.2, 0.25) is 0 Å². The highest BCUT2D eigenvalue weighted by Gasteiger charge is 2.38. The Labute approximate surface area is 164 Å². The predicted molar refractivity (Wildman–Crippen MR) is 104 cm³/mol. The van der Waals surface area contributed by atoms with Crippen molar-refractivity contribution < 1.29 is 9.90 Å². The zero-order chi connectivity index (χ0) is 19.6. The van der Waals surface area contributed by atoms with Crippen molar-refractivity contribution >= 4 is 5.91 Å². The number of aryl methyl sites for hydroxylation is 1. The molecule has 4 rings (SSSR count). The van der Waals surface area contributed by atoms with Crippen molar-refractivity contribution in [2.24, 2.45) is 0 Å². The average Bonchev–Trinajstić information content (AvgIpc) is 3.41. The van der Waals surface area contributed by atoms with Crippen molar-refractivity contribution in [1.82, 2.24) is 24.4 Å². The summed E-state index contributed by atoms with van der Waals surface area (Å²) in [5.41, 5.74) is 1.69. The minimum Gasteiger partial charge on any atom is -0.383 e. The molecule has 1 aliphatic heterocycles. The molecule has 28 heavy (non-hydrogen) atoms. The van der Waals surface area contributed by atoms with E-state index >= 15 is 0 Å². The van der Waals surface area contributed by atoms with E-state index < -0.39 is 5.60 Å². The second-order valence-electron chi connectivity index (χ2n) is 7.50. The number of imidazole rings is 1. The molecule has 4 heterocycles. The summed E-state index contributed by atoms with van der Waals surface area (Å²) in [5.74, 6) is 0.0599. The SMILES string of the molecule is Cc1ccc(C2(O)CCN(C(=O)C(Cc3cnc[nH]3)n3cccc3)CC2)nc1. The average molecular weight is 379 g/mol. The number of piperidine rings is 1. The first kappa shape index (κ1) is 18.4. The van der Waals surface area contributed by atoms with Crippen LogP contribution in [-0.4, -0.2) is 48.5 Å². The summed E-state index contributed by atoms with van der Waals surface area (Å²) >= 11 is 0. The van der Waals surface area contributed by atoms with Gasteiger partial charge >= 0.3 is 0 Å². The van der Waals surface area contributed by atoms with Crippen LogP contribution in [0.4, 0.5) is 0 Å². The van der Waals surface area contributed by atoms with Gasteiger partial charge in [-0.15, -0.1) is 0 Å². The Bertz CT molecular complexity index is 895. The van der Waals surface area contributed by atoms with Crippen LogP contribution in [0.3, 0.4) is 0 Å². The van der Waals surface area contributed by atoms with Crippen LogP contribution in [0, 0.1) is 6.92 Å². The van der Waals surface area contributed by atoms with E-state index in [4.69, 9.17) is 0 Å². The van der Waals surface area contributed by atoms with E-state index in [0.29, 0.717) is 38.0 Å². The van der Waals surface area contributed by atoms with Crippen LogP contribution >= 0.6 is 0 Å². The Hall–Kier alpha value is -2.93. The van der Waals surface area contributed by atoms with Crippen molar-refractivity contribution in [3.05, 3.63) is 72.3 Å². The number of H-pyrrole nitrogens is 1. The second-order valence-corrected chi connectivity index (χ2v) is 7.50. The maximum atomic E-state index is 13.3. The predicted octanol–water partition coefficient (Wildman–Crippen LogP) is 2.21. The number of likely N-dealkylation sites (tertiary alicyclic amines) is 1. The lowest BCUT2D eigenvalue weighted by molar-refractivity contribution is -0.139. The number of aromatic nitrogens is 4. The highest BCUT2D eigenvalue weighted by molar-refractivity contribution is 5.81. The fourth-order valence-electron chi connectivity index (χ4n) is 3.79. The van der Waals surface area contributed by atoms with Crippen LogP contribution < -0.4 is 0 Å². The third-order valence-electron chi connectivity index (χ3n) is 5.53. The number of amides is 1. The lowest BCUT2D eigenvalue weighted by Crippen LogP contribution is -2.48. The highest BCUT2D eigenvalue weighted by Crippen LogP contribution is 2.32. The second kappa shape index (κ2) is 7.59. The number of hydrogen-bond acceptors (Lipinski definition) is 4. The smallest absolute Gasteiger partial charge is 0.246 e. The Morgan fingerprint density at radius 1 is 1.25 bits per heavy atom. The number of hydrogen-bond donors (Lipinski definition) is 2. The standard InChI is InChI=1S/C21H25N5O2/c1-16-4-5-19(23-13-16)21(28)6-10-26(11-7-21)20(27)18(25-8-2-3-9-25)12-17-14-22-15-24-17/h2-5,8-9,13-15,18,28H,6-7,10-12H2,1H3,(H,22,24). The van der Waals surface area contributed by atoms with Crippen LogP contribution in [-0.2, 0) is 16.8 Å². The van der Waals surface area contributed by atoms with Crippen molar-refractivity contribution in [2.45, 2.75) is 37.8 Å². The third kappa shape index (κ3) is 3.71. The molecule has 146 valence electrons. The summed E-state index contributed by atoms with van der Waals surface area (Å²) in [4.78, 5) is 26.7. The first-order chi connectivity index (χ1) is 13.5. The van der Waals surface area contributed by atoms with E-state index in [0.717, 1.165) is 11.3 Å². The topological polar surface area (TPSA) is 87.0 Å². The van der Waals surface area contributed by atoms with E-state index in [-0.39, 0.29) is 11.9 Å². The van der Waals surface area contributed by atoms with Gasteiger partial charge in [-0.3, -0.25) is 9.78 Å². The molecule has 0 spiro atoms. The normalized spacial score (nSPS) is 17.4. The maximum absolute atomic E-state index is 13.3. The van der Waals surface area contributed by atoms with Gasteiger partial charge in [0.15, 0.2) is 0 Å². The molecule has 0 aliphatic carbocycles. The van der Waals surface area contributed by atoms with Gasteiger partial charge in [0.25, 0.3) is 0 Å². The van der Waals surface area contributed by atoms with Crippen molar-refractivity contribution in [2.75, 3.05) is 13.1 Å². The molecular formula is C21H25N5O2. The molecule has 1 amide bonds. The summed E-state index contributed by atoms with van der Waals surface area (Å²) in [6, 6.07) is 7.35. The molecule has 7 nitrogen and oxygen atoms in total. The van der Waals surface area contributed by atoms with Gasteiger partial charge in [-0.1, -0.05) is 6.07 Å². The largest absolute Gasteiger partial charge is 0.383 e. The minimum atomic E-state index is -0.975. The fraction of sp³-hybridized carbons (Fsp3) is 0.381.